The van der Waals surface area contributed by atoms with Crippen LogP contribution in [0.4, 0.5) is 0 Å². The summed E-state index contributed by atoms with van der Waals surface area (Å²) in [6, 6.07) is 5.58. The van der Waals surface area contributed by atoms with E-state index in [0.717, 1.165) is 10.5 Å². The first-order chi connectivity index (χ1) is 6.24. The van der Waals surface area contributed by atoms with Gasteiger partial charge in [0.05, 0.1) is 5.38 Å². The van der Waals surface area contributed by atoms with Gasteiger partial charge >= 0.3 is 0 Å². The number of pyridine rings is 1. The first-order valence-corrected chi connectivity index (χ1v) is 4.62. The van der Waals surface area contributed by atoms with E-state index in [9.17, 15) is 5.11 Å². The van der Waals surface area contributed by atoms with Gasteiger partial charge in [-0.05, 0) is 6.07 Å². The van der Waals surface area contributed by atoms with E-state index in [1.165, 1.54) is 16.7 Å². The van der Waals surface area contributed by atoms with Crippen molar-refractivity contribution in [1.82, 2.24) is 0 Å². The van der Waals surface area contributed by atoms with Gasteiger partial charge in [0.25, 0.3) is 4.83 Å². The summed E-state index contributed by atoms with van der Waals surface area (Å²) in [4.78, 5) is 0.729. The number of nitriles is 1. The molecule has 0 spiro atoms. The Kier molecular flexibility index (Phi) is 1.67. The average molecular weight is 190 g/mol. The molecule has 0 amide bonds. The van der Waals surface area contributed by atoms with Gasteiger partial charge in [0.15, 0.2) is 11.6 Å². The second kappa shape index (κ2) is 2.71. The molecule has 13 heavy (non-hydrogen) atoms. The summed E-state index contributed by atoms with van der Waals surface area (Å²) < 4.78 is 1.56. The van der Waals surface area contributed by atoms with Crippen molar-refractivity contribution in [2.75, 3.05) is 0 Å². The molecular weight excluding hydrogens is 184 g/mol. The topological polar surface area (TPSA) is 50.9 Å². The Morgan fingerprint density at radius 2 is 2.31 bits per heavy atom. The van der Waals surface area contributed by atoms with Gasteiger partial charge in [-0.15, -0.1) is 0 Å². The summed E-state index contributed by atoms with van der Waals surface area (Å²) in [5.74, 6) is -0.0606. The van der Waals surface area contributed by atoms with Crippen LogP contribution in [-0.2, 0) is 0 Å². The SMILES string of the molecule is Cc1ccc(C#N)c2scc([O-])[n+]12. The molecule has 2 aromatic rings. The second-order valence-corrected chi connectivity index (χ2v) is 3.57. The molecule has 0 saturated heterocycles. The van der Waals surface area contributed by atoms with Crippen molar-refractivity contribution in [2.24, 2.45) is 0 Å². The van der Waals surface area contributed by atoms with E-state index in [-0.39, 0.29) is 5.88 Å². The number of hydrogen-bond donors (Lipinski definition) is 0. The van der Waals surface area contributed by atoms with Crippen molar-refractivity contribution in [3.63, 3.8) is 0 Å². The summed E-state index contributed by atoms with van der Waals surface area (Å²) in [6.07, 6.45) is 0. The summed E-state index contributed by atoms with van der Waals surface area (Å²) in [6.45, 7) is 1.85. The molecule has 4 heteroatoms. The molecule has 0 aliphatic heterocycles. The first-order valence-electron chi connectivity index (χ1n) is 3.74. The molecule has 64 valence electrons. The van der Waals surface area contributed by atoms with Crippen LogP contribution in [0.2, 0.25) is 0 Å². The molecule has 0 radical (unpaired) electrons. The van der Waals surface area contributed by atoms with E-state index in [4.69, 9.17) is 5.26 Å². The fourth-order valence-electron chi connectivity index (χ4n) is 1.26. The Morgan fingerprint density at radius 1 is 1.54 bits per heavy atom. The van der Waals surface area contributed by atoms with Crippen LogP contribution in [-0.4, -0.2) is 0 Å². The molecule has 0 N–H and O–H groups in total. The van der Waals surface area contributed by atoms with Gasteiger partial charge in [-0.2, -0.15) is 9.66 Å². The van der Waals surface area contributed by atoms with Crippen molar-refractivity contribution in [3.05, 3.63) is 28.8 Å². The fraction of sp³-hybridized carbons (Fsp3) is 0.111. The highest BCUT2D eigenvalue weighted by atomic mass is 32.1. The maximum atomic E-state index is 11.3. The third kappa shape index (κ3) is 1.05. The van der Waals surface area contributed by atoms with Gasteiger partial charge in [-0.1, -0.05) is 11.3 Å². The highest BCUT2D eigenvalue weighted by Crippen LogP contribution is 2.16. The van der Waals surface area contributed by atoms with E-state index >= 15 is 0 Å². The van der Waals surface area contributed by atoms with Crippen molar-refractivity contribution in [3.8, 4) is 11.9 Å². The van der Waals surface area contributed by atoms with Crippen LogP contribution < -0.4 is 9.51 Å². The maximum absolute atomic E-state index is 11.3. The van der Waals surface area contributed by atoms with Crippen molar-refractivity contribution < 1.29 is 9.51 Å². The molecule has 0 bridgehead atoms. The summed E-state index contributed by atoms with van der Waals surface area (Å²) in [5, 5.41) is 21.6. The van der Waals surface area contributed by atoms with Crippen LogP contribution in [0.1, 0.15) is 11.3 Å². The molecule has 3 nitrogen and oxygen atoms in total. The van der Waals surface area contributed by atoms with Crippen LogP contribution in [0.3, 0.4) is 0 Å². The molecule has 0 aliphatic rings. The minimum atomic E-state index is -0.0606. The van der Waals surface area contributed by atoms with Gasteiger partial charge in [0.1, 0.15) is 11.6 Å². The van der Waals surface area contributed by atoms with Crippen LogP contribution in [0.5, 0.6) is 5.88 Å². The second-order valence-electron chi connectivity index (χ2n) is 2.71. The predicted octanol–water partition coefficient (Wildman–Crippen LogP) is 0.740. The lowest BCUT2D eigenvalue weighted by Crippen LogP contribution is -2.27. The summed E-state index contributed by atoms with van der Waals surface area (Å²) in [5.41, 5.74) is 1.41. The van der Waals surface area contributed by atoms with Gasteiger partial charge in [-0.3, -0.25) is 0 Å². The Balaban J connectivity index is 2.97. The molecule has 0 aliphatic carbocycles. The zero-order valence-electron chi connectivity index (χ0n) is 6.94. The zero-order valence-corrected chi connectivity index (χ0v) is 7.76. The third-order valence-electron chi connectivity index (χ3n) is 1.89. The van der Waals surface area contributed by atoms with Gasteiger partial charge < -0.3 is 5.11 Å². The molecule has 2 rings (SSSR count). The monoisotopic (exact) mass is 190 g/mol. The molecule has 0 saturated carbocycles. The van der Waals surface area contributed by atoms with Gasteiger partial charge in [0, 0.05) is 13.0 Å². The Labute approximate surface area is 79.1 Å². The summed E-state index contributed by atoms with van der Waals surface area (Å²) in [7, 11) is 0. The number of fused-ring (bicyclic) bond motifs is 1. The van der Waals surface area contributed by atoms with Crippen LogP contribution >= 0.6 is 11.3 Å². The van der Waals surface area contributed by atoms with E-state index in [0.29, 0.717) is 5.56 Å². The van der Waals surface area contributed by atoms with Crippen molar-refractivity contribution >= 4 is 16.2 Å². The standard InChI is InChI=1S/C9H6N2OS/c1-6-2-3-7(4-10)9-11(6)8(12)5-13-9/h2-3,5H,1H3. The van der Waals surface area contributed by atoms with E-state index < -0.39 is 0 Å². The molecule has 2 aromatic heterocycles. The zero-order chi connectivity index (χ0) is 9.42. The van der Waals surface area contributed by atoms with Crippen LogP contribution in [0.25, 0.3) is 4.83 Å². The van der Waals surface area contributed by atoms with Gasteiger partial charge in [-0.25, -0.2) is 0 Å². The maximum Gasteiger partial charge on any atom is 0.284 e. The number of aryl methyl sites for hydroxylation is 1. The quantitative estimate of drug-likeness (QED) is 0.575. The molecule has 0 atom stereocenters. The molecule has 0 aromatic carbocycles. The first kappa shape index (κ1) is 8.02. The molecule has 0 unspecified atom stereocenters. The normalized spacial score (nSPS) is 10.2. The number of aromatic nitrogens is 1. The minimum Gasteiger partial charge on any atom is -0.822 e. The lowest BCUT2D eigenvalue weighted by Gasteiger charge is -1.96. The number of nitrogens with zero attached hydrogens (tertiary/aromatic N) is 2. The largest absolute Gasteiger partial charge is 0.822 e. The van der Waals surface area contributed by atoms with Gasteiger partial charge in [0.2, 0.25) is 0 Å². The molecule has 0 fully saturated rings. The Morgan fingerprint density at radius 3 is 3.00 bits per heavy atom. The number of hydrogen-bond acceptors (Lipinski definition) is 3. The highest BCUT2D eigenvalue weighted by molar-refractivity contribution is 7.15. The average Bonchev–Trinajstić information content (AvgIpc) is 2.50. The lowest BCUT2D eigenvalue weighted by molar-refractivity contribution is -0.586. The van der Waals surface area contributed by atoms with E-state index in [1.54, 1.807) is 16.5 Å². The van der Waals surface area contributed by atoms with Crippen molar-refractivity contribution in [1.29, 1.82) is 5.26 Å². The highest BCUT2D eigenvalue weighted by Gasteiger charge is 2.14. The minimum absolute atomic E-state index is 0.0606. The third-order valence-corrected chi connectivity index (χ3v) is 2.83. The van der Waals surface area contributed by atoms with Crippen molar-refractivity contribution in [2.45, 2.75) is 6.92 Å². The lowest BCUT2D eigenvalue weighted by atomic mass is 10.3. The number of rotatable bonds is 0. The predicted molar refractivity (Wildman–Crippen MR) is 46.4 cm³/mol. The van der Waals surface area contributed by atoms with Crippen LogP contribution in [0, 0.1) is 18.3 Å². The number of thiazole rings is 1. The summed E-state index contributed by atoms with van der Waals surface area (Å²) >= 11 is 1.31. The van der Waals surface area contributed by atoms with E-state index in [1.807, 2.05) is 6.92 Å². The van der Waals surface area contributed by atoms with E-state index in [2.05, 4.69) is 6.07 Å². The molecule has 2 heterocycles. The Bertz CT molecular complexity index is 510. The smallest absolute Gasteiger partial charge is 0.284 e. The van der Waals surface area contributed by atoms with Crippen LogP contribution in [0.15, 0.2) is 17.5 Å². The molecular formula is C9H6N2OS. The Hall–Kier alpha value is -1.60. The fourth-order valence-corrected chi connectivity index (χ4v) is 2.16.